The first-order valence-electron chi connectivity index (χ1n) is 4.98. The highest BCUT2D eigenvalue weighted by Crippen LogP contribution is 2.44. The molecule has 1 fully saturated rings. The van der Waals surface area contributed by atoms with Crippen molar-refractivity contribution in [3.05, 3.63) is 0 Å². The van der Waals surface area contributed by atoms with Gasteiger partial charge in [0.15, 0.2) is 9.84 Å². The van der Waals surface area contributed by atoms with Crippen molar-refractivity contribution in [1.29, 1.82) is 0 Å². The van der Waals surface area contributed by atoms with E-state index < -0.39 is 31.2 Å². The third-order valence-corrected chi connectivity index (χ3v) is 6.52. The molecule has 0 radical (unpaired) electrons. The maximum atomic E-state index is 12.1. The van der Waals surface area contributed by atoms with E-state index in [2.05, 4.69) is 0 Å². The Hall–Kier alpha value is -0.580. The van der Waals surface area contributed by atoms with Gasteiger partial charge in [0.25, 0.3) is 0 Å². The molecular formula is C10H18O4S. The summed E-state index contributed by atoms with van der Waals surface area (Å²) in [5.41, 5.74) is 0. The van der Waals surface area contributed by atoms with E-state index in [0.717, 1.165) is 0 Å². The van der Waals surface area contributed by atoms with E-state index in [9.17, 15) is 13.2 Å². The second-order valence-corrected chi connectivity index (χ2v) is 8.68. The largest absolute Gasteiger partial charge is 0.481 e. The van der Waals surface area contributed by atoms with Crippen LogP contribution in [0.4, 0.5) is 0 Å². The summed E-state index contributed by atoms with van der Waals surface area (Å²) < 4.78 is 22.4. The van der Waals surface area contributed by atoms with Crippen LogP contribution in [0, 0.1) is 5.92 Å². The number of sulfone groups is 1. The highest BCUT2D eigenvalue weighted by Gasteiger charge is 2.53. The van der Waals surface area contributed by atoms with Crippen LogP contribution in [0.15, 0.2) is 0 Å². The Morgan fingerprint density at radius 2 is 1.47 bits per heavy atom. The smallest absolute Gasteiger partial charge is 0.306 e. The lowest BCUT2D eigenvalue weighted by atomic mass is 9.87. The molecular weight excluding hydrogens is 216 g/mol. The Kier molecular flexibility index (Phi) is 2.67. The third-order valence-electron chi connectivity index (χ3n) is 3.28. The Morgan fingerprint density at radius 3 is 1.73 bits per heavy atom. The zero-order chi connectivity index (χ0) is 12.1. The average molecular weight is 234 g/mol. The van der Waals surface area contributed by atoms with Gasteiger partial charge in [0.1, 0.15) is 0 Å². The van der Waals surface area contributed by atoms with Crippen LogP contribution in [0.5, 0.6) is 0 Å². The molecule has 1 saturated heterocycles. The molecule has 0 amide bonds. The first-order valence-corrected chi connectivity index (χ1v) is 6.46. The highest BCUT2D eigenvalue weighted by molar-refractivity contribution is 7.94. The molecule has 0 aromatic heterocycles. The molecule has 1 aliphatic heterocycles. The lowest BCUT2D eigenvalue weighted by molar-refractivity contribution is -0.142. The van der Waals surface area contributed by atoms with Gasteiger partial charge in [-0.15, -0.1) is 0 Å². The van der Waals surface area contributed by atoms with Gasteiger partial charge in [0.05, 0.1) is 15.4 Å². The van der Waals surface area contributed by atoms with Crippen molar-refractivity contribution >= 4 is 15.8 Å². The van der Waals surface area contributed by atoms with Crippen molar-refractivity contribution in [1.82, 2.24) is 0 Å². The Balaban J connectivity index is 3.19. The van der Waals surface area contributed by atoms with E-state index >= 15 is 0 Å². The number of carboxylic acids is 1. The number of carboxylic acid groups (broad SMARTS) is 1. The standard InChI is InChI=1S/C10H18O4S/c1-9(2)5-7(8(11)12)6-10(3,4)15(9,13)14/h7H,5-6H2,1-4H3,(H,11,12). The zero-order valence-electron chi connectivity index (χ0n) is 9.57. The maximum Gasteiger partial charge on any atom is 0.306 e. The predicted octanol–water partition coefficient (Wildman–Crippen LogP) is 1.45. The van der Waals surface area contributed by atoms with Crippen molar-refractivity contribution in [3.8, 4) is 0 Å². The van der Waals surface area contributed by atoms with Crippen LogP contribution in [0.25, 0.3) is 0 Å². The third kappa shape index (κ3) is 1.77. The number of rotatable bonds is 1. The summed E-state index contributed by atoms with van der Waals surface area (Å²) in [6.07, 6.45) is 0.405. The zero-order valence-corrected chi connectivity index (χ0v) is 10.4. The molecule has 0 spiro atoms. The topological polar surface area (TPSA) is 71.4 Å². The SMILES string of the molecule is CC1(C)CC(C(=O)O)CC(C)(C)S1(=O)=O. The summed E-state index contributed by atoms with van der Waals surface area (Å²) in [5, 5.41) is 8.98. The average Bonchev–Trinajstić information content (AvgIpc) is 1.99. The second-order valence-electron chi connectivity index (χ2n) is 5.47. The molecule has 1 aliphatic rings. The molecule has 15 heavy (non-hydrogen) atoms. The monoisotopic (exact) mass is 234 g/mol. The van der Waals surface area contributed by atoms with E-state index in [4.69, 9.17) is 5.11 Å². The Labute approximate surface area is 90.6 Å². The summed E-state index contributed by atoms with van der Waals surface area (Å²) in [7, 11) is -3.27. The molecule has 0 aromatic carbocycles. The molecule has 0 bridgehead atoms. The van der Waals surface area contributed by atoms with Crippen molar-refractivity contribution in [2.45, 2.75) is 50.0 Å². The normalized spacial score (nSPS) is 28.5. The number of aliphatic carboxylic acids is 1. The van der Waals surface area contributed by atoms with Crippen molar-refractivity contribution in [2.24, 2.45) is 5.92 Å². The van der Waals surface area contributed by atoms with Crippen LogP contribution in [-0.2, 0) is 14.6 Å². The fraction of sp³-hybridized carbons (Fsp3) is 0.900. The first kappa shape index (κ1) is 12.5. The minimum absolute atomic E-state index is 0.202. The van der Waals surface area contributed by atoms with Gasteiger partial charge in [0, 0.05) is 0 Å². The number of carbonyl (C=O) groups is 1. The lowest BCUT2D eigenvalue weighted by Gasteiger charge is -2.42. The molecule has 0 aromatic rings. The van der Waals surface area contributed by atoms with E-state index in [1.165, 1.54) is 0 Å². The minimum Gasteiger partial charge on any atom is -0.481 e. The summed E-state index contributed by atoms with van der Waals surface area (Å²) in [6, 6.07) is 0. The molecule has 0 aliphatic carbocycles. The molecule has 4 nitrogen and oxygen atoms in total. The molecule has 1 rings (SSSR count). The van der Waals surface area contributed by atoms with Crippen LogP contribution in [0.2, 0.25) is 0 Å². The molecule has 0 saturated carbocycles. The van der Waals surface area contributed by atoms with Crippen molar-refractivity contribution < 1.29 is 18.3 Å². The van der Waals surface area contributed by atoms with E-state index in [1.807, 2.05) is 0 Å². The molecule has 1 heterocycles. The minimum atomic E-state index is -3.27. The van der Waals surface area contributed by atoms with Gasteiger partial charge in [-0.3, -0.25) is 4.79 Å². The van der Waals surface area contributed by atoms with Gasteiger partial charge in [-0.1, -0.05) is 0 Å². The summed E-state index contributed by atoms with van der Waals surface area (Å²) in [6.45, 7) is 6.44. The van der Waals surface area contributed by atoms with Gasteiger partial charge in [0.2, 0.25) is 0 Å². The number of hydrogen-bond donors (Lipinski definition) is 1. The molecule has 5 heteroatoms. The summed E-state index contributed by atoms with van der Waals surface area (Å²) in [5.74, 6) is -1.45. The van der Waals surface area contributed by atoms with Gasteiger partial charge in [-0.25, -0.2) is 8.42 Å². The number of hydrogen-bond acceptors (Lipinski definition) is 3. The quantitative estimate of drug-likeness (QED) is 0.745. The van der Waals surface area contributed by atoms with E-state index in [0.29, 0.717) is 0 Å². The summed E-state index contributed by atoms with van der Waals surface area (Å²) in [4.78, 5) is 10.9. The van der Waals surface area contributed by atoms with Crippen molar-refractivity contribution in [3.63, 3.8) is 0 Å². The molecule has 0 atom stereocenters. The van der Waals surface area contributed by atoms with Crippen LogP contribution in [0.3, 0.4) is 0 Å². The first-order chi connectivity index (χ1) is 6.51. The van der Waals surface area contributed by atoms with Crippen LogP contribution in [-0.4, -0.2) is 29.0 Å². The van der Waals surface area contributed by atoms with Gasteiger partial charge in [-0.05, 0) is 40.5 Å². The van der Waals surface area contributed by atoms with Crippen LogP contribution < -0.4 is 0 Å². The van der Waals surface area contributed by atoms with Gasteiger partial charge >= 0.3 is 5.97 Å². The van der Waals surface area contributed by atoms with Gasteiger partial charge in [-0.2, -0.15) is 0 Å². The van der Waals surface area contributed by atoms with E-state index in [1.54, 1.807) is 27.7 Å². The Morgan fingerprint density at radius 1 is 1.13 bits per heavy atom. The summed E-state index contributed by atoms with van der Waals surface area (Å²) >= 11 is 0. The fourth-order valence-corrected chi connectivity index (χ4v) is 4.74. The van der Waals surface area contributed by atoms with Crippen LogP contribution >= 0.6 is 0 Å². The molecule has 1 N–H and O–H groups in total. The highest BCUT2D eigenvalue weighted by atomic mass is 32.2. The second kappa shape index (κ2) is 3.20. The molecule has 88 valence electrons. The van der Waals surface area contributed by atoms with Crippen molar-refractivity contribution in [2.75, 3.05) is 0 Å². The van der Waals surface area contributed by atoms with Gasteiger partial charge < -0.3 is 5.11 Å². The maximum absolute atomic E-state index is 12.1. The Bertz CT molecular complexity index is 354. The van der Waals surface area contributed by atoms with E-state index in [-0.39, 0.29) is 12.8 Å². The molecule has 0 unspecified atom stereocenters. The predicted molar refractivity (Wildman–Crippen MR) is 57.4 cm³/mol. The van der Waals surface area contributed by atoms with Crippen LogP contribution in [0.1, 0.15) is 40.5 Å². The lowest BCUT2D eigenvalue weighted by Crippen LogP contribution is -2.53. The fourth-order valence-electron chi connectivity index (χ4n) is 2.40.